The van der Waals surface area contributed by atoms with Gasteiger partial charge in [-0.25, -0.2) is 0 Å². The Morgan fingerprint density at radius 2 is 0.746 bits per heavy atom. The van der Waals surface area contributed by atoms with Gasteiger partial charge >= 0.3 is 0 Å². The molecule has 0 radical (unpaired) electrons. The highest BCUT2D eigenvalue weighted by atomic mass is 16.5. The molecule has 320 valence electrons. The Balaban J connectivity index is 1.36. The first-order valence-corrected chi connectivity index (χ1v) is 18.5. The van der Waals surface area contributed by atoms with Crippen LogP contribution in [0.4, 0.5) is 0 Å². The molecule has 0 saturated carbocycles. The van der Waals surface area contributed by atoms with E-state index in [0.29, 0.717) is 0 Å². The van der Waals surface area contributed by atoms with Gasteiger partial charge in [0.25, 0.3) is 0 Å². The van der Waals surface area contributed by atoms with Crippen molar-refractivity contribution in [3.05, 3.63) is 141 Å². The van der Waals surface area contributed by atoms with Gasteiger partial charge in [0, 0.05) is 52.1 Å². The van der Waals surface area contributed by atoms with Crippen molar-refractivity contribution in [2.24, 2.45) is 0 Å². The van der Waals surface area contributed by atoms with E-state index in [1.165, 1.54) is 18.2 Å². The highest BCUT2D eigenvalue weighted by Gasteiger charge is 2.44. The molecule has 3 aliphatic heterocycles. The van der Waals surface area contributed by atoms with Crippen LogP contribution in [-0.2, 0) is 0 Å². The van der Waals surface area contributed by atoms with Gasteiger partial charge in [0.2, 0.25) is 0 Å². The maximum atomic E-state index is 12.3. The van der Waals surface area contributed by atoms with Crippen LogP contribution in [0.1, 0.15) is 62.8 Å². The molecule has 15 N–H and O–H groups in total. The molecule has 0 bridgehead atoms. The number of phenols is 12. The lowest BCUT2D eigenvalue weighted by Crippen LogP contribution is -2.22. The van der Waals surface area contributed by atoms with Gasteiger partial charge in [0.15, 0.2) is 52.8 Å². The van der Waals surface area contributed by atoms with E-state index < -0.39 is 144 Å². The zero-order valence-corrected chi connectivity index (χ0v) is 31.7. The van der Waals surface area contributed by atoms with Gasteiger partial charge in [-0.15, -0.1) is 0 Å². The molecule has 3 atom stereocenters. The molecule has 6 aromatic carbocycles. The van der Waals surface area contributed by atoms with E-state index in [1.807, 2.05) is 0 Å². The molecule has 0 aromatic heterocycles. The normalized spacial score (nSPS) is 17.7. The fraction of sp³-hybridized carbons (Fsp3) is 0.0667. The van der Waals surface area contributed by atoms with Crippen molar-refractivity contribution in [2.45, 2.75) is 18.3 Å². The number of benzene rings is 6. The first-order valence-electron chi connectivity index (χ1n) is 18.5. The fourth-order valence-corrected chi connectivity index (χ4v) is 7.90. The van der Waals surface area contributed by atoms with Gasteiger partial charge in [-0.2, -0.15) is 0 Å². The van der Waals surface area contributed by atoms with E-state index in [-0.39, 0.29) is 33.6 Å². The molecule has 63 heavy (non-hydrogen) atoms. The number of rotatable bonds is 5. The van der Waals surface area contributed by atoms with Crippen LogP contribution in [0.3, 0.4) is 0 Å². The van der Waals surface area contributed by atoms with Crippen molar-refractivity contribution in [3.8, 4) is 86.2 Å². The third-order valence-electron chi connectivity index (χ3n) is 10.8. The molecule has 3 heterocycles. The molecule has 0 saturated heterocycles. The Hall–Kier alpha value is -9.06. The van der Waals surface area contributed by atoms with E-state index in [4.69, 9.17) is 14.2 Å². The Labute approximate surface area is 352 Å². The van der Waals surface area contributed by atoms with Crippen molar-refractivity contribution < 1.29 is 90.8 Å². The Bertz CT molecular complexity index is 3070. The third kappa shape index (κ3) is 6.11. The second-order valence-corrected chi connectivity index (χ2v) is 14.7. The minimum atomic E-state index is -1.81. The summed E-state index contributed by atoms with van der Waals surface area (Å²) in [6.07, 6.45) is -3.86. The molecule has 9 rings (SSSR count). The monoisotopic (exact) mass is 860 g/mol. The van der Waals surface area contributed by atoms with Gasteiger partial charge in [-0.3, -0.25) is 0 Å². The van der Waals surface area contributed by atoms with Crippen molar-refractivity contribution in [1.29, 1.82) is 0 Å². The predicted molar refractivity (Wildman–Crippen MR) is 217 cm³/mol. The van der Waals surface area contributed by atoms with Crippen molar-refractivity contribution in [1.82, 2.24) is 0 Å². The summed E-state index contributed by atoms with van der Waals surface area (Å²) < 4.78 is 18.6. The Morgan fingerprint density at radius 3 is 1.25 bits per heavy atom. The highest BCUT2D eigenvalue weighted by Crippen LogP contribution is 2.61. The molecule has 0 amide bonds. The van der Waals surface area contributed by atoms with E-state index in [9.17, 15) is 76.6 Å². The summed E-state index contributed by atoms with van der Waals surface area (Å²) >= 11 is 0. The second kappa shape index (κ2) is 14.0. The van der Waals surface area contributed by atoms with E-state index in [0.717, 1.165) is 66.7 Å². The van der Waals surface area contributed by atoms with E-state index in [1.54, 1.807) is 0 Å². The fourth-order valence-electron chi connectivity index (χ4n) is 7.90. The van der Waals surface area contributed by atoms with Gasteiger partial charge in [-0.05, 0) is 42.5 Å². The minimum absolute atomic E-state index is 0.00288. The van der Waals surface area contributed by atoms with Crippen LogP contribution in [0.25, 0.3) is 17.2 Å². The summed E-state index contributed by atoms with van der Waals surface area (Å²) in [5, 5.41) is 165. The predicted octanol–water partition coefficient (Wildman–Crippen LogP) is 7.09. The number of hydrogen-bond acceptors (Lipinski definition) is 18. The molecule has 18 heteroatoms. The number of phenolic OH excluding ortho intramolecular Hbond substituents is 12. The van der Waals surface area contributed by atoms with Gasteiger partial charge in [-0.1, -0.05) is 18.2 Å². The van der Waals surface area contributed by atoms with Crippen LogP contribution in [0.2, 0.25) is 0 Å². The van der Waals surface area contributed by atoms with Crippen LogP contribution in [0.15, 0.2) is 96.1 Å². The lowest BCUT2D eigenvalue weighted by Gasteiger charge is -2.35. The summed E-state index contributed by atoms with van der Waals surface area (Å²) in [6, 6.07) is 13.7. The molecule has 0 unspecified atom stereocenters. The quantitative estimate of drug-likeness (QED) is 0.0769. The number of aliphatic hydroxyl groups is 3. The SMILES string of the molecule is OC1=Cc2c(O)cc(O)c(C3=C(O)[C@@H](c4ccc(O)c(O)c4)Oc4c(C5=C(O)[C@@H](c6ccc(O)c(O)c6)Oc6cc(O)cc(O)c65)c(O)cc(O)c43)c2O[C@@H]1c1ccc(O)c(O)c1. The van der Waals surface area contributed by atoms with E-state index >= 15 is 0 Å². The Kier molecular flexibility index (Phi) is 8.77. The number of aliphatic hydroxyl groups excluding tert-OH is 3. The lowest BCUT2D eigenvalue weighted by atomic mass is 9.82. The minimum Gasteiger partial charge on any atom is -0.508 e. The van der Waals surface area contributed by atoms with Crippen LogP contribution < -0.4 is 14.2 Å². The van der Waals surface area contributed by atoms with Gasteiger partial charge < -0.3 is 90.8 Å². The molecule has 3 aliphatic rings. The van der Waals surface area contributed by atoms with Crippen molar-refractivity contribution in [3.63, 3.8) is 0 Å². The topological polar surface area (TPSA) is 331 Å². The molecular weight excluding hydrogens is 828 g/mol. The van der Waals surface area contributed by atoms with Crippen molar-refractivity contribution in [2.75, 3.05) is 0 Å². The lowest BCUT2D eigenvalue weighted by molar-refractivity contribution is 0.165. The molecular formula is C45H32O18. The summed E-state index contributed by atoms with van der Waals surface area (Å²) in [5.74, 6) is -11.4. The molecule has 18 nitrogen and oxygen atoms in total. The van der Waals surface area contributed by atoms with Crippen LogP contribution in [0, 0.1) is 0 Å². The molecule has 6 aromatic rings. The third-order valence-corrected chi connectivity index (χ3v) is 10.8. The number of fused-ring (bicyclic) bond motifs is 3. The standard InChI is InChI=1S/C45H32O18/c46-18-10-27(54)33-32(11-18)61-42(16-2-5-21(48)25(52)8-16)39(59)37(33)35-29(56)14-30(57)36-38(40(60)43(63-45(35)36)17-3-6-22(49)26(53)9-17)34-28(55)13-23(50)19-12-31(58)41(62-44(19)34)15-1-4-20(47)24(51)7-15/h1-14,41-43,46-60H/t41-,42-,43-/m1/s1. The largest absolute Gasteiger partial charge is 0.508 e. The number of aromatic hydroxyl groups is 12. The second-order valence-electron chi connectivity index (χ2n) is 14.7. The molecule has 0 fully saturated rings. The number of hydrogen-bond donors (Lipinski definition) is 15. The maximum Gasteiger partial charge on any atom is 0.181 e. The maximum absolute atomic E-state index is 12.3. The van der Waals surface area contributed by atoms with E-state index in [2.05, 4.69) is 0 Å². The van der Waals surface area contributed by atoms with Crippen LogP contribution in [-0.4, -0.2) is 76.6 Å². The van der Waals surface area contributed by atoms with Crippen molar-refractivity contribution >= 4 is 17.2 Å². The molecule has 0 aliphatic carbocycles. The summed E-state index contributed by atoms with van der Waals surface area (Å²) in [7, 11) is 0. The highest BCUT2D eigenvalue weighted by molar-refractivity contribution is 6.01. The van der Waals surface area contributed by atoms with Gasteiger partial charge in [0.05, 0.1) is 27.8 Å². The van der Waals surface area contributed by atoms with Crippen LogP contribution in [0.5, 0.6) is 86.2 Å². The first kappa shape index (κ1) is 39.4. The zero-order valence-electron chi connectivity index (χ0n) is 31.7. The zero-order chi connectivity index (χ0) is 44.9. The Morgan fingerprint density at radius 1 is 0.333 bits per heavy atom. The summed E-state index contributed by atoms with van der Waals surface area (Å²) in [6.45, 7) is 0. The average molecular weight is 861 g/mol. The smallest absolute Gasteiger partial charge is 0.181 e. The van der Waals surface area contributed by atoms with Gasteiger partial charge in [0.1, 0.15) is 69.0 Å². The number of ether oxygens (including phenoxy) is 3. The van der Waals surface area contributed by atoms with Crippen LogP contribution >= 0.6 is 0 Å². The molecule has 0 spiro atoms. The summed E-state index contributed by atoms with van der Waals surface area (Å²) in [4.78, 5) is 0. The average Bonchev–Trinajstić information content (AvgIpc) is 3.22. The summed E-state index contributed by atoms with van der Waals surface area (Å²) in [5.41, 5.74) is -3.22. The first-order chi connectivity index (χ1) is 29.9.